The van der Waals surface area contributed by atoms with Gasteiger partial charge in [0.1, 0.15) is 4.90 Å². The molecular weight excluding hydrogens is 280 g/mol. The lowest BCUT2D eigenvalue weighted by atomic mass is 9.97. The highest BCUT2D eigenvalue weighted by Gasteiger charge is 2.18. The van der Waals surface area contributed by atoms with Gasteiger partial charge in [-0.2, -0.15) is 5.10 Å². The molecule has 0 spiro atoms. The number of rotatable bonds is 4. The lowest BCUT2D eigenvalue weighted by Gasteiger charge is -2.20. The van der Waals surface area contributed by atoms with E-state index in [1.807, 2.05) is 0 Å². The van der Waals surface area contributed by atoms with Crippen molar-refractivity contribution < 1.29 is 8.42 Å². The van der Waals surface area contributed by atoms with Gasteiger partial charge < -0.3 is 0 Å². The molecular formula is C9H15BrN2O2S. The van der Waals surface area contributed by atoms with Crippen molar-refractivity contribution in [2.24, 2.45) is 5.41 Å². The van der Waals surface area contributed by atoms with Gasteiger partial charge in [-0.3, -0.25) is 4.68 Å². The fourth-order valence-electron chi connectivity index (χ4n) is 1.10. The lowest BCUT2D eigenvalue weighted by Crippen LogP contribution is -2.21. The highest BCUT2D eigenvalue weighted by atomic mass is 79.9. The third kappa shape index (κ3) is 3.61. The van der Waals surface area contributed by atoms with Crippen LogP contribution in [0.4, 0.5) is 0 Å². The summed E-state index contributed by atoms with van der Waals surface area (Å²) in [5.74, 6) is 0. The molecule has 0 aromatic carbocycles. The van der Waals surface area contributed by atoms with Crippen molar-refractivity contribution in [3.63, 3.8) is 0 Å². The average Bonchev–Trinajstić information content (AvgIpc) is 2.51. The summed E-state index contributed by atoms with van der Waals surface area (Å²) in [5.41, 5.74) is 0.0563. The van der Waals surface area contributed by atoms with Crippen molar-refractivity contribution in [1.82, 2.24) is 9.78 Å². The van der Waals surface area contributed by atoms with Crippen LogP contribution in [0.5, 0.6) is 0 Å². The van der Waals surface area contributed by atoms with Gasteiger partial charge in [0.25, 0.3) is 0 Å². The minimum atomic E-state index is -3.14. The average molecular weight is 295 g/mol. The molecule has 0 saturated carbocycles. The SMILES string of the molecule is CC(C)(CBr)Cn1cc(S(C)(=O)=O)cn1. The Labute approximate surface area is 98.7 Å². The molecule has 0 amide bonds. The van der Waals surface area contributed by atoms with Gasteiger partial charge in [-0.05, 0) is 5.41 Å². The van der Waals surface area contributed by atoms with Gasteiger partial charge in [0.15, 0.2) is 9.84 Å². The van der Waals surface area contributed by atoms with Crippen molar-refractivity contribution in [2.45, 2.75) is 25.3 Å². The van der Waals surface area contributed by atoms with Gasteiger partial charge >= 0.3 is 0 Å². The fraction of sp³-hybridized carbons (Fsp3) is 0.667. The minimum Gasteiger partial charge on any atom is -0.271 e. The molecule has 0 N–H and O–H groups in total. The van der Waals surface area contributed by atoms with Crippen LogP contribution < -0.4 is 0 Å². The molecule has 0 fully saturated rings. The van der Waals surface area contributed by atoms with Gasteiger partial charge in [0.2, 0.25) is 0 Å². The van der Waals surface area contributed by atoms with Crippen molar-refractivity contribution in [3.05, 3.63) is 12.4 Å². The van der Waals surface area contributed by atoms with Crippen molar-refractivity contribution in [1.29, 1.82) is 0 Å². The Morgan fingerprint density at radius 3 is 2.53 bits per heavy atom. The topological polar surface area (TPSA) is 52.0 Å². The highest BCUT2D eigenvalue weighted by molar-refractivity contribution is 9.09. The number of hydrogen-bond donors (Lipinski definition) is 0. The van der Waals surface area contributed by atoms with E-state index in [0.717, 1.165) is 5.33 Å². The standard InChI is InChI=1S/C9H15BrN2O2S/c1-9(2,6-10)7-12-5-8(4-11-12)15(3,13)14/h4-5H,6-7H2,1-3H3. The second kappa shape index (κ2) is 4.25. The zero-order valence-electron chi connectivity index (χ0n) is 9.07. The first-order valence-corrected chi connectivity index (χ1v) is 7.54. The van der Waals surface area contributed by atoms with Crippen molar-refractivity contribution in [2.75, 3.05) is 11.6 Å². The Bertz CT molecular complexity index is 437. The summed E-state index contributed by atoms with van der Waals surface area (Å²) in [6.45, 7) is 4.86. The molecule has 86 valence electrons. The number of aromatic nitrogens is 2. The first-order valence-electron chi connectivity index (χ1n) is 4.53. The third-order valence-corrected chi connectivity index (χ3v) is 4.57. The molecule has 6 heteroatoms. The Morgan fingerprint density at radius 2 is 2.13 bits per heavy atom. The molecule has 15 heavy (non-hydrogen) atoms. The Morgan fingerprint density at radius 1 is 1.53 bits per heavy atom. The van der Waals surface area contributed by atoms with E-state index in [1.165, 1.54) is 12.5 Å². The van der Waals surface area contributed by atoms with E-state index >= 15 is 0 Å². The van der Waals surface area contributed by atoms with Crippen LogP contribution in [0.1, 0.15) is 13.8 Å². The molecule has 0 unspecified atom stereocenters. The van der Waals surface area contributed by atoms with E-state index in [0.29, 0.717) is 6.54 Å². The van der Waals surface area contributed by atoms with Crippen molar-refractivity contribution in [3.8, 4) is 0 Å². The van der Waals surface area contributed by atoms with Crippen LogP contribution in [0.2, 0.25) is 0 Å². The van der Waals surface area contributed by atoms with E-state index in [4.69, 9.17) is 0 Å². The number of hydrogen-bond acceptors (Lipinski definition) is 3. The molecule has 0 aliphatic heterocycles. The molecule has 1 rings (SSSR count). The maximum absolute atomic E-state index is 11.2. The smallest absolute Gasteiger partial charge is 0.178 e. The van der Waals surface area contributed by atoms with E-state index in [1.54, 1.807) is 10.9 Å². The molecule has 1 aromatic rings. The molecule has 4 nitrogen and oxygen atoms in total. The summed E-state index contributed by atoms with van der Waals surface area (Å²) in [4.78, 5) is 0.271. The first-order chi connectivity index (χ1) is 6.74. The second-order valence-corrected chi connectivity index (χ2v) is 7.02. The molecule has 0 saturated heterocycles. The number of alkyl halides is 1. The van der Waals surface area contributed by atoms with Crippen LogP contribution in [0.15, 0.2) is 17.3 Å². The van der Waals surface area contributed by atoms with E-state index in [-0.39, 0.29) is 10.3 Å². The van der Waals surface area contributed by atoms with Crippen LogP contribution in [0.3, 0.4) is 0 Å². The van der Waals surface area contributed by atoms with E-state index in [9.17, 15) is 8.42 Å². The normalized spacial score (nSPS) is 13.1. The first kappa shape index (κ1) is 12.7. The number of halogens is 1. The zero-order valence-corrected chi connectivity index (χ0v) is 11.5. The highest BCUT2D eigenvalue weighted by Crippen LogP contribution is 2.21. The second-order valence-electron chi connectivity index (χ2n) is 4.44. The Hall–Kier alpha value is -0.360. The van der Waals surface area contributed by atoms with Gasteiger partial charge in [-0.25, -0.2) is 8.42 Å². The lowest BCUT2D eigenvalue weighted by molar-refractivity contribution is 0.335. The van der Waals surface area contributed by atoms with Crippen LogP contribution in [-0.2, 0) is 16.4 Å². The molecule has 0 aliphatic rings. The van der Waals surface area contributed by atoms with Crippen LogP contribution in [-0.4, -0.2) is 29.8 Å². The van der Waals surface area contributed by atoms with Gasteiger partial charge in [-0.1, -0.05) is 29.8 Å². The largest absolute Gasteiger partial charge is 0.271 e. The van der Waals surface area contributed by atoms with Gasteiger partial charge in [0, 0.05) is 24.3 Å². The molecule has 1 heterocycles. The predicted molar refractivity (Wildman–Crippen MR) is 62.9 cm³/mol. The number of sulfone groups is 1. The third-order valence-electron chi connectivity index (χ3n) is 1.99. The Balaban J connectivity index is 2.87. The summed E-state index contributed by atoms with van der Waals surface area (Å²) in [6.07, 6.45) is 4.14. The predicted octanol–water partition coefficient (Wildman–Crippen LogP) is 1.71. The fourth-order valence-corrected chi connectivity index (χ4v) is 1.83. The summed E-state index contributed by atoms with van der Waals surface area (Å²) >= 11 is 3.42. The van der Waals surface area contributed by atoms with Gasteiger partial charge in [0.05, 0.1) is 6.20 Å². The molecule has 0 bridgehead atoms. The van der Waals surface area contributed by atoms with Gasteiger partial charge in [-0.15, -0.1) is 0 Å². The zero-order chi connectivity index (χ0) is 11.7. The van der Waals surface area contributed by atoms with Crippen LogP contribution >= 0.6 is 15.9 Å². The van der Waals surface area contributed by atoms with E-state index < -0.39 is 9.84 Å². The van der Waals surface area contributed by atoms with Crippen molar-refractivity contribution >= 4 is 25.8 Å². The summed E-state index contributed by atoms with van der Waals surface area (Å²) in [7, 11) is -3.14. The van der Waals surface area contributed by atoms with E-state index in [2.05, 4.69) is 34.9 Å². The molecule has 0 aliphatic carbocycles. The summed E-state index contributed by atoms with van der Waals surface area (Å²) < 4.78 is 24.1. The monoisotopic (exact) mass is 294 g/mol. The van der Waals surface area contributed by atoms with Crippen LogP contribution in [0, 0.1) is 5.41 Å². The summed E-state index contributed by atoms with van der Waals surface area (Å²) in [6, 6.07) is 0. The molecule has 1 aromatic heterocycles. The molecule has 0 radical (unpaired) electrons. The number of nitrogens with zero attached hydrogens (tertiary/aromatic N) is 2. The van der Waals surface area contributed by atoms with Crippen LogP contribution in [0.25, 0.3) is 0 Å². The minimum absolute atomic E-state index is 0.0563. The maximum atomic E-state index is 11.2. The quantitative estimate of drug-likeness (QED) is 0.795. The molecule has 0 atom stereocenters. The Kier molecular flexibility index (Phi) is 3.60. The summed E-state index contributed by atoms with van der Waals surface area (Å²) in [5, 5.41) is 4.87. The maximum Gasteiger partial charge on any atom is 0.178 e.